The van der Waals surface area contributed by atoms with E-state index in [1.165, 1.54) is 5.56 Å². The van der Waals surface area contributed by atoms with E-state index in [2.05, 4.69) is 32.8 Å². The normalized spacial score (nSPS) is 23.3. The zero-order chi connectivity index (χ0) is 18.4. The Morgan fingerprint density at radius 1 is 1.31 bits per heavy atom. The van der Waals surface area contributed by atoms with Gasteiger partial charge in [0.15, 0.2) is 5.82 Å². The number of aromatic nitrogens is 4. The number of H-pyrrole nitrogens is 1. The van der Waals surface area contributed by atoms with Crippen LogP contribution in [0.25, 0.3) is 0 Å². The quantitative estimate of drug-likeness (QED) is 0.891. The Kier molecular flexibility index (Phi) is 3.97. The van der Waals surface area contributed by atoms with E-state index in [9.17, 15) is 4.79 Å². The summed E-state index contributed by atoms with van der Waals surface area (Å²) in [7, 11) is 0. The molecule has 26 heavy (non-hydrogen) atoms. The summed E-state index contributed by atoms with van der Waals surface area (Å²) in [6.07, 6.45) is 2.64. The van der Waals surface area contributed by atoms with E-state index in [0.29, 0.717) is 18.3 Å². The average Bonchev–Trinajstić information content (AvgIpc) is 3.49. The lowest BCUT2D eigenvalue weighted by Gasteiger charge is -2.30. The lowest BCUT2D eigenvalue weighted by Crippen LogP contribution is -2.43. The van der Waals surface area contributed by atoms with E-state index in [0.717, 1.165) is 19.3 Å². The summed E-state index contributed by atoms with van der Waals surface area (Å²) in [6, 6.07) is 10.5. The van der Waals surface area contributed by atoms with Crippen molar-refractivity contribution in [1.82, 2.24) is 25.5 Å². The van der Waals surface area contributed by atoms with Crippen LogP contribution >= 0.6 is 0 Å². The Balaban J connectivity index is 1.54. The minimum atomic E-state index is -0.519. The number of ether oxygens (including phenoxy) is 1. The largest absolute Gasteiger partial charge is 0.444 e. The van der Waals surface area contributed by atoms with Crippen molar-refractivity contribution in [3.05, 3.63) is 41.7 Å². The van der Waals surface area contributed by atoms with Crippen molar-refractivity contribution in [2.24, 2.45) is 0 Å². The third-order valence-electron chi connectivity index (χ3n) is 5.16. The Morgan fingerprint density at radius 2 is 2.04 bits per heavy atom. The second-order valence-corrected chi connectivity index (χ2v) is 8.44. The molecule has 1 N–H and O–H groups in total. The molecule has 7 heteroatoms. The van der Waals surface area contributed by atoms with E-state index in [-0.39, 0.29) is 17.6 Å². The number of benzene rings is 1. The molecule has 138 valence electrons. The van der Waals surface area contributed by atoms with Crippen molar-refractivity contribution in [2.75, 3.05) is 6.54 Å². The maximum Gasteiger partial charge on any atom is 0.410 e. The Bertz CT molecular complexity index is 765. The maximum atomic E-state index is 12.9. The molecule has 1 unspecified atom stereocenters. The number of rotatable bonds is 5. The Labute approximate surface area is 153 Å². The molecule has 0 saturated heterocycles. The van der Waals surface area contributed by atoms with Gasteiger partial charge >= 0.3 is 6.09 Å². The van der Waals surface area contributed by atoms with Crippen molar-refractivity contribution in [3.8, 4) is 0 Å². The zero-order valence-corrected chi connectivity index (χ0v) is 15.5. The minimum absolute atomic E-state index is 0.164. The fourth-order valence-electron chi connectivity index (χ4n) is 3.54. The van der Waals surface area contributed by atoms with Gasteiger partial charge in [0.2, 0.25) is 0 Å². The molecule has 2 fully saturated rings. The van der Waals surface area contributed by atoms with Crippen molar-refractivity contribution >= 4 is 6.09 Å². The lowest BCUT2D eigenvalue weighted by molar-refractivity contribution is 0.0209. The smallest absolute Gasteiger partial charge is 0.410 e. The summed E-state index contributed by atoms with van der Waals surface area (Å²) in [5, 5.41) is 14.6. The molecule has 0 radical (unpaired) electrons. The summed E-state index contributed by atoms with van der Waals surface area (Å²) in [4.78, 5) is 14.8. The third kappa shape index (κ3) is 3.43. The topological polar surface area (TPSA) is 84.0 Å². The van der Waals surface area contributed by atoms with Gasteiger partial charge in [-0.25, -0.2) is 4.79 Å². The summed E-state index contributed by atoms with van der Waals surface area (Å²) >= 11 is 0. The molecule has 0 spiro atoms. The Hall–Kier alpha value is -2.44. The van der Waals surface area contributed by atoms with Crippen LogP contribution in [0.3, 0.4) is 0 Å². The highest BCUT2D eigenvalue weighted by molar-refractivity contribution is 5.70. The molecule has 2 atom stereocenters. The molecule has 2 saturated carbocycles. The fraction of sp³-hybridized carbons (Fsp3) is 0.579. The Morgan fingerprint density at radius 3 is 2.62 bits per heavy atom. The molecule has 1 aromatic carbocycles. The first-order valence-corrected chi connectivity index (χ1v) is 9.16. The monoisotopic (exact) mass is 355 g/mol. The summed E-state index contributed by atoms with van der Waals surface area (Å²) < 4.78 is 5.70. The van der Waals surface area contributed by atoms with Gasteiger partial charge in [-0.2, -0.15) is 5.21 Å². The zero-order valence-electron chi connectivity index (χ0n) is 15.5. The summed E-state index contributed by atoms with van der Waals surface area (Å²) in [6.45, 7) is 6.28. The first-order valence-electron chi connectivity index (χ1n) is 9.16. The van der Waals surface area contributed by atoms with Gasteiger partial charge in [0.05, 0.1) is 5.41 Å². The number of nitrogens with zero attached hydrogens (tertiary/aromatic N) is 4. The van der Waals surface area contributed by atoms with Gasteiger partial charge < -0.3 is 9.64 Å². The predicted molar refractivity (Wildman–Crippen MR) is 95.6 cm³/mol. The van der Waals surface area contributed by atoms with Crippen LogP contribution in [-0.2, 0) is 10.2 Å². The van der Waals surface area contributed by atoms with Crippen molar-refractivity contribution in [1.29, 1.82) is 0 Å². The van der Waals surface area contributed by atoms with Crippen molar-refractivity contribution < 1.29 is 9.53 Å². The van der Waals surface area contributed by atoms with Gasteiger partial charge in [0, 0.05) is 18.5 Å². The molecule has 7 nitrogen and oxygen atoms in total. The molecule has 2 aromatic rings. The van der Waals surface area contributed by atoms with Gasteiger partial charge in [-0.15, -0.1) is 10.2 Å². The van der Waals surface area contributed by atoms with E-state index >= 15 is 0 Å². The van der Waals surface area contributed by atoms with Crippen LogP contribution in [0.5, 0.6) is 0 Å². The summed E-state index contributed by atoms with van der Waals surface area (Å²) in [5.41, 5.74) is 0.568. The van der Waals surface area contributed by atoms with E-state index < -0.39 is 5.60 Å². The SMILES string of the molecule is CC(C)(C)OC(=O)N(CC1(c2nn[nH]n2)CC1)[C@H]1CC1c1ccccc1. The average molecular weight is 355 g/mol. The van der Waals surface area contributed by atoms with Gasteiger partial charge in [-0.1, -0.05) is 35.5 Å². The van der Waals surface area contributed by atoms with Crippen molar-refractivity contribution in [2.45, 2.75) is 63.0 Å². The number of hydrogen-bond acceptors (Lipinski definition) is 5. The third-order valence-corrected chi connectivity index (χ3v) is 5.16. The van der Waals surface area contributed by atoms with Crippen LogP contribution in [0.4, 0.5) is 4.79 Å². The first kappa shape index (κ1) is 17.0. The van der Waals surface area contributed by atoms with E-state index in [1.54, 1.807) is 0 Å². The minimum Gasteiger partial charge on any atom is -0.444 e. The first-order chi connectivity index (χ1) is 12.4. The maximum absolute atomic E-state index is 12.9. The number of amides is 1. The molecule has 1 amide bonds. The van der Waals surface area contributed by atoms with Crippen LogP contribution in [0.1, 0.15) is 57.3 Å². The fourth-order valence-corrected chi connectivity index (χ4v) is 3.54. The number of nitrogens with one attached hydrogen (secondary N) is 1. The highest BCUT2D eigenvalue weighted by Gasteiger charge is 2.54. The van der Waals surface area contributed by atoms with Crippen LogP contribution in [0.15, 0.2) is 30.3 Å². The lowest BCUT2D eigenvalue weighted by atomic mass is 10.1. The number of carbonyl (C=O) groups is 1. The molecule has 2 aliphatic carbocycles. The second-order valence-electron chi connectivity index (χ2n) is 8.44. The number of carbonyl (C=O) groups excluding carboxylic acids is 1. The molecular formula is C19H25N5O2. The van der Waals surface area contributed by atoms with Gasteiger partial charge in [-0.3, -0.25) is 0 Å². The van der Waals surface area contributed by atoms with E-state index in [4.69, 9.17) is 4.74 Å². The van der Waals surface area contributed by atoms with Crippen molar-refractivity contribution in [3.63, 3.8) is 0 Å². The molecule has 4 rings (SSSR count). The number of hydrogen-bond donors (Lipinski definition) is 1. The highest BCUT2D eigenvalue weighted by Crippen LogP contribution is 2.51. The molecule has 1 heterocycles. The second kappa shape index (κ2) is 6.07. The van der Waals surface area contributed by atoms with Crippen LogP contribution in [-0.4, -0.2) is 49.8 Å². The molecule has 1 aromatic heterocycles. The van der Waals surface area contributed by atoms with E-state index in [1.807, 2.05) is 43.9 Å². The molecule has 2 aliphatic rings. The number of tetrazole rings is 1. The van der Waals surface area contributed by atoms with Crippen LogP contribution in [0, 0.1) is 0 Å². The predicted octanol–water partition coefficient (Wildman–Crippen LogP) is 3.02. The summed E-state index contributed by atoms with van der Waals surface area (Å²) in [5.74, 6) is 1.06. The van der Waals surface area contributed by atoms with Gasteiger partial charge in [0.25, 0.3) is 0 Å². The molecule has 0 bridgehead atoms. The standard InChI is InChI=1S/C19H25N5O2/c1-18(2,3)26-17(25)24(12-19(9-10-19)16-20-22-23-21-16)15-11-14(15)13-7-5-4-6-8-13/h4-8,14-15H,9-12H2,1-3H3,(H,20,21,22,23)/t14?,15-/m0/s1. The molecular weight excluding hydrogens is 330 g/mol. The van der Waals surface area contributed by atoms with Crippen LogP contribution < -0.4 is 0 Å². The van der Waals surface area contributed by atoms with Crippen LogP contribution in [0.2, 0.25) is 0 Å². The highest BCUT2D eigenvalue weighted by atomic mass is 16.6. The van der Waals surface area contributed by atoms with Gasteiger partial charge in [-0.05, 0) is 45.6 Å². The number of aromatic amines is 1. The van der Waals surface area contributed by atoms with Gasteiger partial charge in [0.1, 0.15) is 5.60 Å². The molecule has 0 aliphatic heterocycles.